The topological polar surface area (TPSA) is 35.2 Å². The quantitative estimate of drug-likeness (QED) is 0.810. The summed E-state index contributed by atoms with van der Waals surface area (Å²) in [4.78, 5) is 0. The van der Waals surface area contributed by atoms with Crippen LogP contribution in [-0.2, 0) is 6.18 Å². The lowest BCUT2D eigenvalue weighted by Gasteiger charge is -2.11. The first-order valence-electron chi connectivity index (χ1n) is 5.26. The van der Waals surface area contributed by atoms with E-state index in [9.17, 15) is 13.2 Å². The highest BCUT2D eigenvalue weighted by molar-refractivity contribution is 6.30. The first-order chi connectivity index (χ1) is 8.84. The van der Waals surface area contributed by atoms with Crippen LogP contribution >= 0.6 is 11.6 Å². The number of ether oxygens (including phenoxy) is 1. The molecular weight excluding hydrogens is 279 g/mol. The summed E-state index contributed by atoms with van der Waals surface area (Å²) in [5.74, 6) is 0.348. The van der Waals surface area contributed by atoms with E-state index in [0.29, 0.717) is 10.8 Å². The summed E-state index contributed by atoms with van der Waals surface area (Å²) < 4.78 is 43.2. The molecule has 0 aliphatic rings. The Balaban J connectivity index is 2.33. The van der Waals surface area contributed by atoms with Gasteiger partial charge in [-0.05, 0) is 30.3 Å². The van der Waals surface area contributed by atoms with Crippen LogP contribution in [0.3, 0.4) is 0 Å². The molecule has 0 radical (unpaired) electrons. The van der Waals surface area contributed by atoms with Crippen LogP contribution in [0.15, 0.2) is 42.5 Å². The third-order valence-corrected chi connectivity index (χ3v) is 2.52. The lowest BCUT2D eigenvalue weighted by molar-refractivity contribution is -0.137. The molecule has 2 aromatic rings. The maximum absolute atomic E-state index is 12.6. The second kappa shape index (κ2) is 5.01. The van der Waals surface area contributed by atoms with Crippen molar-refractivity contribution in [3.05, 3.63) is 53.1 Å². The molecule has 2 N–H and O–H groups in total. The van der Waals surface area contributed by atoms with Crippen molar-refractivity contribution in [1.82, 2.24) is 0 Å². The van der Waals surface area contributed by atoms with Crippen molar-refractivity contribution in [2.75, 3.05) is 5.73 Å². The number of hydrogen-bond acceptors (Lipinski definition) is 2. The van der Waals surface area contributed by atoms with Gasteiger partial charge in [0.15, 0.2) is 0 Å². The van der Waals surface area contributed by atoms with Crippen LogP contribution in [0.2, 0.25) is 5.02 Å². The molecule has 0 bridgehead atoms. The van der Waals surface area contributed by atoms with Crippen LogP contribution < -0.4 is 10.5 Å². The van der Waals surface area contributed by atoms with Crippen molar-refractivity contribution in [3.8, 4) is 11.5 Å². The zero-order valence-corrected chi connectivity index (χ0v) is 10.3. The number of benzene rings is 2. The minimum absolute atomic E-state index is 0.00888. The van der Waals surface area contributed by atoms with Crippen molar-refractivity contribution >= 4 is 17.3 Å². The van der Waals surface area contributed by atoms with E-state index in [1.54, 1.807) is 18.2 Å². The van der Waals surface area contributed by atoms with Crippen LogP contribution in [-0.4, -0.2) is 0 Å². The van der Waals surface area contributed by atoms with Crippen molar-refractivity contribution in [2.45, 2.75) is 6.18 Å². The molecule has 2 rings (SSSR count). The van der Waals surface area contributed by atoms with E-state index in [2.05, 4.69) is 0 Å². The molecule has 2 nitrogen and oxygen atoms in total. The average Bonchev–Trinajstić information content (AvgIpc) is 2.26. The summed E-state index contributed by atoms with van der Waals surface area (Å²) in [5, 5.41) is 0.428. The molecule has 0 fully saturated rings. The van der Waals surface area contributed by atoms with Crippen LogP contribution in [0.4, 0.5) is 18.9 Å². The monoisotopic (exact) mass is 287 g/mol. The maximum Gasteiger partial charge on any atom is 0.416 e. The van der Waals surface area contributed by atoms with Gasteiger partial charge in [0.05, 0.1) is 5.56 Å². The predicted octanol–water partition coefficient (Wildman–Crippen LogP) is 4.73. The number of anilines is 1. The van der Waals surface area contributed by atoms with Crippen molar-refractivity contribution in [2.24, 2.45) is 0 Å². The van der Waals surface area contributed by atoms with Gasteiger partial charge in [-0.2, -0.15) is 13.2 Å². The molecule has 0 spiro atoms. The van der Waals surface area contributed by atoms with Crippen molar-refractivity contribution in [1.29, 1.82) is 0 Å². The van der Waals surface area contributed by atoms with Gasteiger partial charge in [-0.25, -0.2) is 0 Å². The van der Waals surface area contributed by atoms with Crippen LogP contribution in [0.25, 0.3) is 0 Å². The molecule has 100 valence electrons. The molecule has 0 atom stereocenters. The molecule has 0 aliphatic heterocycles. The summed E-state index contributed by atoms with van der Waals surface area (Å²) in [6, 6.07) is 9.40. The zero-order valence-electron chi connectivity index (χ0n) is 9.54. The molecule has 2 aromatic carbocycles. The Morgan fingerprint density at radius 3 is 2.37 bits per heavy atom. The summed E-state index contributed by atoms with van der Waals surface area (Å²) in [7, 11) is 0. The van der Waals surface area contributed by atoms with E-state index in [1.165, 1.54) is 12.1 Å². The molecule has 19 heavy (non-hydrogen) atoms. The Morgan fingerprint density at radius 2 is 1.74 bits per heavy atom. The first-order valence-corrected chi connectivity index (χ1v) is 5.63. The van der Waals surface area contributed by atoms with Gasteiger partial charge in [-0.1, -0.05) is 17.7 Å². The van der Waals surface area contributed by atoms with E-state index in [-0.39, 0.29) is 11.4 Å². The number of rotatable bonds is 2. The minimum Gasteiger partial charge on any atom is -0.457 e. The molecule has 0 saturated carbocycles. The van der Waals surface area contributed by atoms with E-state index in [4.69, 9.17) is 22.1 Å². The van der Waals surface area contributed by atoms with Gasteiger partial charge in [0.1, 0.15) is 11.5 Å². The van der Waals surface area contributed by atoms with Gasteiger partial charge in [-0.15, -0.1) is 0 Å². The molecule has 0 saturated heterocycles. The normalized spacial score (nSPS) is 11.4. The van der Waals surface area contributed by atoms with Crippen molar-refractivity contribution < 1.29 is 17.9 Å². The third-order valence-electron chi connectivity index (χ3n) is 2.29. The van der Waals surface area contributed by atoms with Crippen LogP contribution in [0.5, 0.6) is 11.5 Å². The van der Waals surface area contributed by atoms with Crippen LogP contribution in [0, 0.1) is 0 Å². The van der Waals surface area contributed by atoms with Crippen molar-refractivity contribution in [3.63, 3.8) is 0 Å². The van der Waals surface area contributed by atoms with Gasteiger partial charge in [0.25, 0.3) is 0 Å². The van der Waals surface area contributed by atoms with E-state index in [1.807, 2.05) is 0 Å². The molecule has 0 heterocycles. The molecule has 6 heteroatoms. The Hall–Kier alpha value is -1.88. The molecule has 0 aromatic heterocycles. The Kier molecular flexibility index (Phi) is 3.57. The lowest BCUT2D eigenvalue weighted by atomic mass is 10.2. The zero-order chi connectivity index (χ0) is 14.0. The highest BCUT2D eigenvalue weighted by Gasteiger charge is 2.31. The van der Waals surface area contributed by atoms with E-state index in [0.717, 1.165) is 12.1 Å². The molecule has 0 amide bonds. The fourth-order valence-corrected chi connectivity index (χ4v) is 1.69. The highest BCUT2D eigenvalue weighted by Crippen LogP contribution is 2.35. The first kappa shape index (κ1) is 13.5. The fraction of sp³-hybridized carbons (Fsp3) is 0.0769. The summed E-state index contributed by atoms with van der Waals surface area (Å²) in [6.07, 6.45) is -4.47. The van der Waals surface area contributed by atoms with Gasteiger partial charge in [0.2, 0.25) is 0 Å². The highest BCUT2D eigenvalue weighted by atomic mass is 35.5. The number of alkyl halides is 3. The third kappa shape index (κ3) is 3.54. The second-order valence-corrected chi connectivity index (χ2v) is 4.28. The van der Waals surface area contributed by atoms with E-state index < -0.39 is 11.7 Å². The number of nitrogen functional groups attached to an aromatic ring is 1. The van der Waals surface area contributed by atoms with Gasteiger partial charge in [-0.3, -0.25) is 0 Å². The second-order valence-electron chi connectivity index (χ2n) is 3.85. The standard InChI is InChI=1S/C13H9ClF3NO/c14-9-2-1-3-11(6-9)19-12-5-8(13(15,16)17)4-10(18)7-12/h1-7H,18H2. The largest absolute Gasteiger partial charge is 0.457 e. The van der Waals surface area contributed by atoms with Gasteiger partial charge < -0.3 is 10.5 Å². The molecular formula is C13H9ClF3NO. The predicted molar refractivity (Wildman–Crippen MR) is 67.4 cm³/mol. The Morgan fingerprint density at radius 1 is 1.00 bits per heavy atom. The summed E-state index contributed by atoms with van der Waals surface area (Å²) in [6.45, 7) is 0. The average molecular weight is 288 g/mol. The molecule has 0 unspecified atom stereocenters. The smallest absolute Gasteiger partial charge is 0.416 e. The maximum atomic E-state index is 12.6. The molecule has 0 aliphatic carbocycles. The van der Waals surface area contributed by atoms with Gasteiger partial charge in [0, 0.05) is 16.8 Å². The fourth-order valence-electron chi connectivity index (χ4n) is 1.51. The number of nitrogens with two attached hydrogens (primary N) is 1. The summed E-state index contributed by atoms with van der Waals surface area (Å²) in [5.41, 5.74) is 4.56. The Labute approximate surface area is 112 Å². The van der Waals surface area contributed by atoms with E-state index >= 15 is 0 Å². The van der Waals surface area contributed by atoms with Gasteiger partial charge >= 0.3 is 6.18 Å². The number of halogens is 4. The lowest BCUT2D eigenvalue weighted by Crippen LogP contribution is -2.06. The SMILES string of the molecule is Nc1cc(Oc2cccc(Cl)c2)cc(C(F)(F)F)c1. The minimum atomic E-state index is -4.47. The Bertz CT molecular complexity index is 599. The number of hydrogen-bond donors (Lipinski definition) is 1. The van der Waals surface area contributed by atoms with Crippen LogP contribution in [0.1, 0.15) is 5.56 Å². The summed E-state index contributed by atoms with van der Waals surface area (Å²) >= 11 is 5.76.